The highest BCUT2D eigenvalue weighted by Gasteiger charge is 2.16. The Kier molecular flexibility index (Phi) is 6.48. The van der Waals surface area contributed by atoms with Gasteiger partial charge in [-0.3, -0.25) is 9.59 Å². The zero-order valence-electron chi connectivity index (χ0n) is 12.9. The molecule has 0 unspecified atom stereocenters. The van der Waals surface area contributed by atoms with E-state index < -0.39 is 5.97 Å². The minimum atomic E-state index is -1.06. The van der Waals surface area contributed by atoms with Crippen LogP contribution in [0.5, 0.6) is 0 Å². The van der Waals surface area contributed by atoms with Gasteiger partial charge in [-0.1, -0.05) is 20.8 Å². The van der Waals surface area contributed by atoms with E-state index in [1.54, 1.807) is 0 Å². The molecule has 1 heterocycles. The molecule has 0 aliphatic heterocycles. The van der Waals surface area contributed by atoms with Crippen molar-refractivity contribution in [2.75, 3.05) is 13.1 Å². The average Bonchev–Trinajstić information content (AvgIpc) is 2.83. The van der Waals surface area contributed by atoms with Crippen LogP contribution in [0.1, 0.15) is 42.7 Å². The van der Waals surface area contributed by atoms with Crippen molar-refractivity contribution in [1.82, 2.24) is 15.6 Å². The molecule has 0 radical (unpaired) electrons. The Balaban J connectivity index is 2.23. The fourth-order valence-electron chi connectivity index (χ4n) is 1.62. The van der Waals surface area contributed by atoms with Crippen LogP contribution in [0.25, 0.3) is 0 Å². The molecular formula is C14H21N3O4S. The number of carboxylic acid groups (broad SMARTS) is 1. The van der Waals surface area contributed by atoms with Crippen molar-refractivity contribution in [3.05, 3.63) is 16.1 Å². The van der Waals surface area contributed by atoms with E-state index >= 15 is 0 Å². The lowest BCUT2D eigenvalue weighted by Crippen LogP contribution is -2.38. The standard InChI is InChI=1S/C14H21N3O4S/c1-14(2,3)6-10(18)16-7-11(19)15-5-4-12-17-9(8-22-12)13(20)21/h8H,4-7H2,1-3H3,(H,15,19)(H,16,18)(H,20,21). The molecule has 8 heteroatoms. The number of carbonyl (C=O) groups is 3. The normalized spacial score (nSPS) is 11.0. The Labute approximate surface area is 133 Å². The van der Waals surface area contributed by atoms with Crippen LogP contribution in [0, 0.1) is 5.41 Å². The number of aromatic carboxylic acids is 1. The highest BCUT2D eigenvalue weighted by molar-refractivity contribution is 7.09. The van der Waals surface area contributed by atoms with E-state index in [0.29, 0.717) is 24.4 Å². The Bertz CT molecular complexity index is 549. The van der Waals surface area contributed by atoms with Gasteiger partial charge in [0.1, 0.15) is 0 Å². The molecule has 1 rings (SSSR count). The topological polar surface area (TPSA) is 108 Å². The summed E-state index contributed by atoms with van der Waals surface area (Å²) in [7, 11) is 0. The Morgan fingerprint density at radius 1 is 1.23 bits per heavy atom. The number of hydrogen-bond donors (Lipinski definition) is 3. The number of amides is 2. The van der Waals surface area contributed by atoms with E-state index in [1.165, 1.54) is 16.7 Å². The van der Waals surface area contributed by atoms with Crippen LogP contribution in [-0.4, -0.2) is 41.0 Å². The van der Waals surface area contributed by atoms with Crippen LogP contribution in [-0.2, 0) is 16.0 Å². The predicted octanol–water partition coefficient (Wildman–Crippen LogP) is 1.05. The maximum absolute atomic E-state index is 11.6. The monoisotopic (exact) mass is 327 g/mol. The summed E-state index contributed by atoms with van der Waals surface area (Å²) in [6.45, 7) is 6.14. The molecule has 122 valence electrons. The molecule has 0 aliphatic carbocycles. The van der Waals surface area contributed by atoms with Crippen molar-refractivity contribution in [2.45, 2.75) is 33.6 Å². The molecule has 1 aromatic rings. The van der Waals surface area contributed by atoms with Crippen LogP contribution in [0.4, 0.5) is 0 Å². The van der Waals surface area contributed by atoms with Crippen LogP contribution in [0.2, 0.25) is 0 Å². The SMILES string of the molecule is CC(C)(C)CC(=O)NCC(=O)NCCc1nc(C(=O)O)cs1. The molecule has 0 bridgehead atoms. The van der Waals surface area contributed by atoms with Gasteiger partial charge < -0.3 is 15.7 Å². The third-order valence-corrected chi connectivity index (χ3v) is 3.48. The van der Waals surface area contributed by atoms with Crippen LogP contribution in [0.15, 0.2) is 5.38 Å². The highest BCUT2D eigenvalue weighted by atomic mass is 32.1. The van der Waals surface area contributed by atoms with Gasteiger partial charge in [0.2, 0.25) is 11.8 Å². The van der Waals surface area contributed by atoms with Crippen molar-refractivity contribution in [2.24, 2.45) is 5.41 Å². The second kappa shape index (κ2) is 7.88. The summed E-state index contributed by atoms with van der Waals surface area (Å²) in [6.07, 6.45) is 0.816. The minimum absolute atomic E-state index is 0.0146. The molecule has 0 saturated carbocycles. The largest absolute Gasteiger partial charge is 0.476 e. The number of nitrogens with one attached hydrogen (secondary N) is 2. The van der Waals surface area contributed by atoms with E-state index in [1.807, 2.05) is 20.8 Å². The Hall–Kier alpha value is -1.96. The van der Waals surface area contributed by atoms with E-state index in [2.05, 4.69) is 15.6 Å². The zero-order chi connectivity index (χ0) is 16.8. The molecule has 7 nitrogen and oxygen atoms in total. The number of carbonyl (C=O) groups excluding carboxylic acids is 2. The summed E-state index contributed by atoms with van der Waals surface area (Å²) in [4.78, 5) is 37.7. The number of aromatic nitrogens is 1. The first-order valence-electron chi connectivity index (χ1n) is 6.88. The summed E-state index contributed by atoms with van der Waals surface area (Å²) in [5.74, 6) is -1.50. The molecule has 0 saturated heterocycles. The fraction of sp³-hybridized carbons (Fsp3) is 0.571. The summed E-state index contributed by atoms with van der Waals surface area (Å²) < 4.78 is 0. The Morgan fingerprint density at radius 2 is 1.91 bits per heavy atom. The van der Waals surface area contributed by atoms with Gasteiger partial charge in [0, 0.05) is 24.8 Å². The van der Waals surface area contributed by atoms with Crippen molar-refractivity contribution >= 4 is 29.1 Å². The van der Waals surface area contributed by atoms with Gasteiger partial charge in [0.25, 0.3) is 0 Å². The quantitative estimate of drug-likeness (QED) is 0.694. The summed E-state index contributed by atoms with van der Waals surface area (Å²) >= 11 is 1.24. The second-order valence-corrected chi connectivity index (χ2v) is 6.99. The van der Waals surface area contributed by atoms with Crippen molar-refractivity contribution in [3.63, 3.8) is 0 Å². The molecule has 0 fully saturated rings. The van der Waals surface area contributed by atoms with E-state index in [4.69, 9.17) is 5.11 Å². The first kappa shape index (κ1) is 18.1. The summed E-state index contributed by atoms with van der Waals surface area (Å²) in [6, 6.07) is 0. The van der Waals surface area contributed by atoms with E-state index in [9.17, 15) is 14.4 Å². The van der Waals surface area contributed by atoms with Gasteiger partial charge in [0.15, 0.2) is 5.69 Å². The molecule has 3 N–H and O–H groups in total. The van der Waals surface area contributed by atoms with Crippen molar-refractivity contribution in [3.8, 4) is 0 Å². The van der Waals surface area contributed by atoms with E-state index in [0.717, 1.165) is 0 Å². The fourth-order valence-corrected chi connectivity index (χ4v) is 2.39. The van der Waals surface area contributed by atoms with Crippen molar-refractivity contribution in [1.29, 1.82) is 0 Å². The van der Waals surface area contributed by atoms with Gasteiger partial charge in [-0.05, 0) is 5.41 Å². The molecule has 2 amide bonds. The smallest absolute Gasteiger partial charge is 0.355 e. The van der Waals surface area contributed by atoms with Gasteiger partial charge in [-0.15, -0.1) is 11.3 Å². The lowest BCUT2D eigenvalue weighted by Gasteiger charge is -2.17. The zero-order valence-corrected chi connectivity index (χ0v) is 13.7. The van der Waals surface area contributed by atoms with Gasteiger partial charge in [-0.2, -0.15) is 0 Å². The number of hydrogen-bond acceptors (Lipinski definition) is 5. The number of nitrogens with zero attached hydrogens (tertiary/aromatic N) is 1. The second-order valence-electron chi connectivity index (χ2n) is 6.05. The van der Waals surface area contributed by atoms with Crippen molar-refractivity contribution < 1.29 is 19.5 Å². The molecule has 0 aromatic carbocycles. The molecule has 0 spiro atoms. The third kappa shape index (κ3) is 7.16. The number of thiazole rings is 1. The molecule has 1 aromatic heterocycles. The maximum Gasteiger partial charge on any atom is 0.355 e. The Morgan fingerprint density at radius 3 is 2.45 bits per heavy atom. The van der Waals surface area contributed by atoms with Gasteiger partial charge >= 0.3 is 5.97 Å². The first-order valence-corrected chi connectivity index (χ1v) is 7.76. The van der Waals surface area contributed by atoms with E-state index in [-0.39, 0.29) is 29.5 Å². The van der Waals surface area contributed by atoms with Crippen LogP contribution >= 0.6 is 11.3 Å². The third-order valence-electron chi connectivity index (χ3n) is 2.57. The summed E-state index contributed by atoms with van der Waals surface area (Å²) in [5.41, 5.74) is -0.103. The minimum Gasteiger partial charge on any atom is -0.476 e. The highest BCUT2D eigenvalue weighted by Crippen LogP contribution is 2.17. The number of carboxylic acids is 1. The van der Waals surface area contributed by atoms with Crippen LogP contribution < -0.4 is 10.6 Å². The molecule has 0 aliphatic rings. The average molecular weight is 327 g/mol. The molecule has 22 heavy (non-hydrogen) atoms. The first-order chi connectivity index (χ1) is 10.2. The maximum atomic E-state index is 11.6. The van der Waals surface area contributed by atoms with Crippen LogP contribution in [0.3, 0.4) is 0 Å². The molecule has 0 atom stereocenters. The lowest BCUT2D eigenvalue weighted by atomic mass is 9.92. The number of rotatable bonds is 7. The van der Waals surface area contributed by atoms with Gasteiger partial charge in [0.05, 0.1) is 11.6 Å². The predicted molar refractivity (Wildman–Crippen MR) is 82.9 cm³/mol. The molecular weight excluding hydrogens is 306 g/mol. The van der Waals surface area contributed by atoms with Gasteiger partial charge in [-0.25, -0.2) is 9.78 Å². The lowest BCUT2D eigenvalue weighted by molar-refractivity contribution is -0.127. The summed E-state index contributed by atoms with van der Waals surface area (Å²) in [5, 5.41) is 16.1.